The molecule has 14 heteroatoms. The van der Waals surface area contributed by atoms with Crippen molar-refractivity contribution < 1.29 is 31.3 Å². The molecule has 49 heavy (non-hydrogen) atoms. The maximum Gasteiger partial charge on any atom is 0.269 e. The van der Waals surface area contributed by atoms with E-state index in [1.165, 1.54) is 25.1 Å². The molecule has 0 aliphatic rings. The number of rotatable bonds is 10. The van der Waals surface area contributed by atoms with E-state index in [1.807, 2.05) is 19.1 Å². The minimum absolute atomic E-state index is 0.00462. The van der Waals surface area contributed by atoms with Gasteiger partial charge in [0.15, 0.2) is 15.6 Å². The number of sulfone groups is 1. The fraction of sp³-hybridized carbons (Fsp3) is 0.171. The molecule has 0 unspecified atom stereocenters. The number of carbonyl (C=O) groups excluding carboxylic acids is 1. The van der Waals surface area contributed by atoms with E-state index < -0.39 is 31.5 Å². The fourth-order valence-corrected chi connectivity index (χ4v) is 7.08. The first-order valence-electron chi connectivity index (χ1n) is 14.9. The number of aryl methyl sites for hydroxylation is 3. The Morgan fingerprint density at radius 2 is 1.37 bits per heavy atom. The van der Waals surface area contributed by atoms with Gasteiger partial charge in [-0.3, -0.25) is 9.35 Å². The standard InChI is InChI=1S/C35H33N5O7S2/c1-21-8-10-25(11-9-21)19-48(43,44)29-14-12-28(13-15-29)37-38-31-16-23(3)32(17-22(31)2)39-40-34-27(20-49(45,46)47)18-26-6-5-7-30(36-24(4)41)33(26)35(34)42/h5-18,42H,19-20H2,1-4H3,(H,36,41)(H,45,46,47). The second-order valence-electron chi connectivity index (χ2n) is 11.6. The molecule has 12 nitrogen and oxygen atoms in total. The number of phenols is 1. The lowest BCUT2D eigenvalue weighted by molar-refractivity contribution is -0.114. The van der Waals surface area contributed by atoms with E-state index in [4.69, 9.17) is 0 Å². The normalized spacial score (nSPS) is 12.3. The Labute approximate surface area is 283 Å². The van der Waals surface area contributed by atoms with Gasteiger partial charge in [-0.25, -0.2) is 8.42 Å². The van der Waals surface area contributed by atoms with Crippen molar-refractivity contribution >= 4 is 65.1 Å². The Balaban J connectivity index is 1.41. The topological polar surface area (TPSA) is 187 Å². The molecule has 0 aliphatic heterocycles. The highest BCUT2D eigenvalue weighted by molar-refractivity contribution is 7.90. The van der Waals surface area contributed by atoms with Gasteiger partial charge in [0.1, 0.15) is 11.4 Å². The van der Waals surface area contributed by atoms with Crippen LogP contribution in [0.25, 0.3) is 10.8 Å². The molecule has 0 bridgehead atoms. The molecule has 5 aromatic rings. The molecule has 0 saturated carbocycles. The van der Waals surface area contributed by atoms with Crippen LogP contribution in [0.1, 0.15) is 34.7 Å². The van der Waals surface area contributed by atoms with Gasteiger partial charge in [-0.1, -0.05) is 42.0 Å². The average molecular weight is 700 g/mol. The predicted octanol–water partition coefficient (Wildman–Crippen LogP) is 8.62. The van der Waals surface area contributed by atoms with E-state index in [0.29, 0.717) is 39.1 Å². The van der Waals surface area contributed by atoms with Gasteiger partial charge in [0.25, 0.3) is 10.1 Å². The highest BCUT2D eigenvalue weighted by Crippen LogP contribution is 2.43. The number of hydrogen-bond acceptors (Lipinski definition) is 10. The molecule has 3 N–H and O–H groups in total. The number of fused-ring (bicyclic) bond motifs is 1. The number of anilines is 1. The lowest BCUT2D eigenvalue weighted by atomic mass is 10.0. The van der Waals surface area contributed by atoms with Gasteiger partial charge in [-0.2, -0.15) is 23.8 Å². The lowest BCUT2D eigenvalue weighted by Gasteiger charge is -2.13. The SMILES string of the molecule is CC(=O)Nc1cccc2cc(CS(=O)(=O)O)c(N=Nc3cc(C)c(N=Nc4ccc(S(=O)(=O)Cc5ccc(C)cc5)cc4)cc3C)c(O)c12. The van der Waals surface area contributed by atoms with Crippen molar-refractivity contribution in [2.75, 3.05) is 5.32 Å². The van der Waals surface area contributed by atoms with E-state index >= 15 is 0 Å². The number of hydrogen-bond donors (Lipinski definition) is 3. The zero-order chi connectivity index (χ0) is 35.5. The second-order valence-corrected chi connectivity index (χ2v) is 15.0. The molecule has 0 atom stereocenters. The number of nitrogens with zero attached hydrogens (tertiary/aromatic N) is 4. The molecule has 1 amide bonds. The van der Waals surface area contributed by atoms with Gasteiger partial charge in [0.2, 0.25) is 5.91 Å². The summed E-state index contributed by atoms with van der Waals surface area (Å²) in [5, 5.41) is 31.6. The van der Waals surface area contributed by atoms with E-state index in [-0.39, 0.29) is 38.9 Å². The summed E-state index contributed by atoms with van der Waals surface area (Å²) in [5.41, 5.74) is 4.54. The summed E-state index contributed by atoms with van der Waals surface area (Å²) >= 11 is 0. The molecule has 0 spiro atoms. The molecular formula is C35H33N5O7S2. The summed E-state index contributed by atoms with van der Waals surface area (Å²) in [6, 6.07) is 23.2. The van der Waals surface area contributed by atoms with Crippen molar-refractivity contribution in [1.82, 2.24) is 0 Å². The summed E-state index contributed by atoms with van der Waals surface area (Å²) in [4.78, 5) is 12.0. The van der Waals surface area contributed by atoms with E-state index in [2.05, 4.69) is 25.8 Å². The summed E-state index contributed by atoms with van der Waals surface area (Å²) < 4.78 is 59.0. The van der Waals surface area contributed by atoms with Crippen LogP contribution >= 0.6 is 0 Å². The van der Waals surface area contributed by atoms with Crippen LogP contribution in [0.3, 0.4) is 0 Å². The van der Waals surface area contributed by atoms with Gasteiger partial charge < -0.3 is 10.4 Å². The minimum atomic E-state index is -4.51. The van der Waals surface area contributed by atoms with Gasteiger partial charge in [0.05, 0.1) is 33.4 Å². The predicted molar refractivity (Wildman–Crippen MR) is 188 cm³/mol. The molecule has 5 aromatic carbocycles. The molecular weight excluding hydrogens is 667 g/mol. The van der Waals surface area contributed by atoms with Gasteiger partial charge in [0, 0.05) is 17.9 Å². The summed E-state index contributed by atoms with van der Waals surface area (Å²) in [7, 11) is -8.06. The van der Waals surface area contributed by atoms with Crippen LogP contribution in [0, 0.1) is 20.8 Å². The molecule has 252 valence electrons. The van der Waals surface area contributed by atoms with Crippen LogP contribution in [0.15, 0.2) is 110 Å². The third-order valence-electron chi connectivity index (χ3n) is 7.56. The summed E-state index contributed by atoms with van der Waals surface area (Å²) in [5.74, 6) is -1.74. The Bertz CT molecular complexity index is 2360. The molecule has 0 fully saturated rings. The Kier molecular flexibility index (Phi) is 10.0. The Hall–Kier alpha value is -5.31. The molecule has 0 aromatic heterocycles. The number of carbonyl (C=O) groups is 1. The molecule has 0 radical (unpaired) electrons. The molecule has 5 rings (SSSR count). The van der Waals surface area contributed by atoms with Gasteiger partial charge in [-0.05, 0) is 91.4 Å². The van der Waals surface area contributed by atoms with E-state index in [0.717, 1.165) is 5.56 Å². The maximum atomic E-state index is 12.9. The molecule has 0 saturated heterocycles. The number of nitrogens with one attached hydrogen (secondary N) is 1. The third-order valence-corrected chi connectivity index (χ3v) is 9.94. The molecule has 0 heterocycles. The summed E-state index contributed by atoms with van der Waals surface area (Å²) in [6.07, 6.45) is 0. The van der Waals surface area contributed by atoms with Crippen LogP contribution in [-0.2, 0) is 36.3 Å². The quantitative estimate of drug-likeness (QED) is 0.0961. The van der Waals surface area contributed by atoms with E-state index in [1.54, 1.807) is 68.4 Å². The fourth-order valence-electron chi connectivity index (χ4n) is 5.12. The zero-order valence-corrected chi connectivity index (χ0v) is 28.7. The van der Waals surface area contributed by atoms with Gasteiger partial charge in [-0.15, -0.1) is 5.11 Å². The number of amides is 1. The Morgan fingerprint density at radius 1 is 0.755 bits per heavy atom. The van der Waals surface area contributed by atoms with Crippen molar-refractivity contribution in [3.63, 3.8) is 0 Å². The smallest absolute Gasteiger partial charge is 0.269 e. The summed E-state index contributed by atoms with van der Waals surface area (Å²) in [6.45, 7) is 6.79. The van der Waals surface area contributed by atoms with Crippen LogP contribution < -0.4 is 5.32 Å². The second kappa shape index (κ2) is 14.0. The zero-order valence-electron chi connectivity index (χ0n) is 27.0. The van der Waals surface area contributed by atoms with Crippen molar-refractivity contribution in [2.45, 2.75) is 44.1 Å². The third kappa shape index (κ3) is 8.59. The minimum Gasteiger partial charge on any atom is -0.505 e. The first kappa shape index (κ1) is 35.0. The first-order chi connectivity index (χ1) is 23.1. The average Bonchev–Trinajstić information content (AvgIpc) is 3.01. The number of benzene rings is 5. The molecule has 0 aliphatic carbocycles. The van der Waals surface area contributed by atoms with Crippen LogP contribution in [0.2, 0.25) is 0 Å². The highest BCUT2D eigenvalue weighted by Gasteiger charge is 2.20. The number of phenolic OH excluding ortho intramolecular Hbond substituents is 1. The van der Waals surface area contributed by atoms with Crippen molar-refractivity contribution in [3.05, 3.63) is 113 Å². The van der Waals surface area contributed by atoms with Crippen molar-refractivity contribution in [1.29, 1.82) is 0 Å². The monoisotopic (exact) mass is 699 g/mol. The highest BCUT2D eigenvalue weighted by atomic mass is 32.2. The number of azo groups is 2. The van der Waals surface area contributed by atoms with E-state index in [9.17, 15) is 31.3 Å². The Morgan fingerprint density at radius 3 is 1.96 bits per heavy atom. The van der Waals surface area contributed by atoms with Crippen molar-refractivity contribution in [2.24, 2.45) is 20.5 Å². The first-order valence-corrected chi connectivity index (χ1v) is 18.2. The number of aromatic hydroxyl groups is 1. The van der Waals surface area contributed by atoms with Crippen LogP contribution in [0.4, 0.5) is 28.4 Å². The maximum absolute atomic E-state index is 12.9. The van der Waals surface area contributed by atoms with Crippen LogP contribution in [0.5, 0.6) is 5.75 Å². The van der Waals surface area contributed by atoms with Crippen LogP contribution in [-0.4, -0.2) is 32.4 Å². The largest absolute Gasteiger partial charge is 0.505 e. The van der Waals surface area contributed by atoms with Crippen molar-refractivity contribution in [3.8, 4) is 5.75 Å². The van der Waals surface area contributed by atoms with Gasteiger partial charge >= 0.3 is 0 Å². The lowest BCUT2D eigenvalue weighted by Crippen LogP contribution is -2.06.